The Kier molecular flexibility index (Phi) is 8.99. The summed E-state index contributed by atoms with van der Waals surface area (Å²) in [6.07, 6.45) is 4.58. The third-order valence-corrected chi connectivity index (χ3v) is 7.40. The van der Waals surface area contributed by atoms with Gasteiger partial charge in [-0.15, -0.1) is 0 Å². The van der Waals surface area contributed by atoms with Gasteiger partial charge in [0.25, 0.3) is 0 Å². The number of pyridine rings is 1. The van der Waals surface area contributed by atoms with E-state index in [2.05, 4.69) is 10.3 Å². The molecule has 4 rings (SSSR count). The highest BCUT2D eigenvalue weighted by atomic mass is 31.2. The van der Waals surface area contributed by atoms with Gasteiger partial charge in [-0.2, -0.15) is 0 Å². The lowest BCUT2D eigenvalue weighted by Gasteiger charge is -2.29. The maximum atomic E-state index is 12.8. The summed E-state index contributed by atoms with van der Waals surface area (Å²) in [6.45, 7) is 5.78. The molecule has 3 aromatic rings. The van der Waals surface area contributed by atoms with E-state index in [1.807, 2.05) is 44.2 Å². The van der Waals surface area contributed by atoms with Crippen LogP contribution in [0.3, 0.4) is 0 Å². The molecular weight excluding hydrogens is 523 g/mol. The van der Waals surface area contributed by atoms with Crippen molar-refractivity contribution in [1.82, 2.24) is 15.2 Å². The highest BCUT2D eigenvalue weighted by molar-refractivity contribution is 7.47. The fraction of sp³-hybridized carbons (Fsp3) is 0.370. The van der Waals surface area contributed by atoms with E-state index in [-0.39, 0.29) is 18.2 Å². The molecule has 1 aliphatic rings. The number of aromatic nitrogens is 1. The van der Waals surface area contributed by atoms with Gasteiger partial charge in [-0.05, 0) is 56.1 Å². The Bertz CT molecular complexity index is 1440. The molecule has 2 aromatic heterocycles. The first-order valence-corrected chi connectivity index (χ1v) is 14.2. The van der Waals surface area contributed by atoms with Gasteiger partial charge in [0.15, 0.2) is 0 Å². The van der Waals surface area contributed by atoms with Crippen LogP contribution in [-0.2, 0) is 36.2 Å². The molecule has 208 valence electrons. The standard InChI is InChI=1S/C27H33N4O7P/c1-5-28-19(3)38-39(34,35)36-17-31-26(33)13-11-21-14-20(15-29-27(21)31)10-12-25(32)30(4)16-24-18(2)22-8-6-7-9-23(22)37-24/h6-10,12,14-15,19,28H,5,11,13,16-17H2,1-4H3,(H,34,35)/b12-10+. The number of nitrogens with one attached hydrogen (secondary N) is 1. The molecule has 1 aromatic carbocycles. The molecule has 0 saturated heterocycles. The molecule has 0 fully saturated rings. The summed E-state index contributed by atoms with van der Waals surface area (Å²) in [5.41, 5.74) is 3.24. The molecule has 0 saturated carbocycles. The summed E-state index contributed by atoms with van der Waals surface area (Å²) >= 11 is 0. The number of aryl methyl sites for hydroxylation is 2. The average molecular weight is 557 g/mol. The zero-order valence-corrected chi connectivity index (χ0v) is 23.3. The maximum Gasteiger partial charge on any atom is 0.475 e. The number of anilines is 1. The molecular formula is C27H33N4O7P. The summed E-state index contributed by atoms with van der Waals surface area (Å²) in [7, 11) is -2.70. The number of amides is 2. The van der Waals surface area contributed by atoms with Gasteiger partial charge in [-0.1, -0.05) is 25.1 Å². The van der Waals surface area contributed by atoms with Crippen LogP contribution in [0.4, 0.5) is 5.82 Å². The molecule has 2 atom stereocenters. The summed E-state index contributed by atoms with van der Waals surface area (Å²) in [6, 6.07) is 9.59. The Hall–Kier alpha value is -3.34. The number of hydrogen-bond acceptors (Lipinski definition) is 8. The number of benzene rings is 1. The maximum absolute atomic E-state index is 12.8. The Morgan fingerprint density at radius 2 is 2.13 bits per heavy atom. The van der Waals surface area contributed by atoms with Gasteiger partial charge >= 0.3 is 7.82 Å². The topological polar surface area (TPSA) is 134 Å². The van der Waals surface area contributed by atoms with Crippen LogP contribution in [0.25, 0.3) is 17.0 Å². The van der Waals surface area contributed by atoms with Crippen LogP contribution >= 0.6 is 7.82 Å². The fourth-order valence-corrected chi connectivity index (χ4v) is 5.11. The number of fused-ring (bicyclic) bond motifs is 2. The molecule has 3 heterocycles. The minimum atomic E-state index is -4.41. The molecule has 12 heteroatoms. The first kappa shape index (κ1) is 28.7. The zero-order chi connectivity index (χ0) is 28.2. The van der Waals surface area contributed by atoms with Crippen LogP contribution in [0.1, 0.15) is 42.7 Å². The predicted octanol–water partition coefficient (Wildman–Crippen LogP) is 4.13. The van der Waals surface area contributed by atoms with E-state index in [1.165, 1.54) is 17.2 Å². The van der Waals surface area contributed by atoms with Gasteiger partial charge in [0.2, 0.25) is 11.8 Å². The highest BCUT2D eigenvalue weighted by Crippen LogP contribution is 2.44. The Morgan fingerprint density at radius 3 is 2.87 bits per heavy atom. The van der Waals surface area contributed by atoms with Crippen LogP contribution in [0.15, 0.2) is 47.0 Å². The van der Waals surface area contributed by atoms with Crippen molar-refractivity contribution in [3.8, 4) is 0 Å². The predicted molar refractivity (Wildman–Crippen MR) is 147 cm³/mol. The number of furan rings is 1. The molecule has 11 nitrogen and oxygen atoms in total. The second kappa shape index (κ2) is 12.2. The molecule has 1 aliphatic heterocycles. The van der Waals surface area contributed by atoms with Crippen molar-refractivity contribution in [2.45, 2.75) is 46.4 Å². The van der Waals surface area contributed by atoms with E-state index in [1.54, 1.807) is 24.9 Å². The smallest absolute Gasteiger partial charge is 0.459 e. The van der Waals surface area contributed by atoms with Gasteiger partial charge in [-0.3, -0.25) is 28.9 Å². The van der Waals surface area contributed by atoms with E-state index in [9.17, 15) is 19.0 Å². The van der Waals surface area contributed by atoms with E-state index in [0.29, 0.717) is 30.9 Å². The van der Waals surface area contributed by atoms with Gasteiger partial charge in [-0.25, -0.2) is 9.55 Å². The van der Waals surface area contributed by atoms with Gasteiger partial charge in [0.05, 0.1) is 6.54 Å². The second-order valence-electron chi connectivity index (χ2n) is 9.28. The largest absolute Gasteiger partial charge is 0.475 e. The third-order valence-electron chi connectivity index (χ3n) is 6.38. The number of carbonyl (C=O) groups is 2. The number of carbonyl (C=O) groups excluding carboxylic acids is 2. The molecule has 0 radical (unpaired) electrons. The normalized spacial score (nSPS) is 15.9. The summed E-state index contributed by atoms with van der Waals surface area (Å²) in [5.74, 6) is 0.586. The van der Waals surface area contributed by atoms with E-state index >= 15 is 0 Å². The first-order chi connectivity index (χ1) is 18.6. The lowest BCUT2D eigenvalue weighted by atomic mass is 10.0. The number of phosphoric ester groups is 1. The molecule has 0 spiro atoms. The Morgan fingerprint density at radius 1 is 1.36 bits per heavy atom. The fourth-order valence-electron chi connectivity index (χ4n) is 4.32. The number of phosphoric acid groups is 1. The molecule has 0 aliphatic carbocycles. The van der Waals surface area contributed by atoms with Crippen LogP contribution in [0.5, 0.6) is 0 Å². The molecule has 2 unspecified atom stereocenters. The third kappa shape index (κ3) is 7.00. The minimum Gasteiger partial charge on any atom is -0.459 e. The Balaban J connectivity index is 1.40. The van der Waals surface area contributed by atoms with Crippen molar-refractivity contribution in [2.24, 2.45) is 0 Å². The lowest BCUT2D eigenvalue weighted by Crippen LogP contribution is -2.37. The highest BCUT2D eigenvalue weighted by Gasteiger charge is 2.31. The first-order valence-electron chi connectivity index (χ1n) is 12.7. The van der Waals surface area contributed by atoms with Crippen molar-refractivity contribution in [3.05, 3.63) is 65.1 Å². The number of para-hydroxylation sites is 1. The second-order valence-corrected chi connectivity index (χ2v) is 10.7. The van der Waals surface area contributed by atoms with Crippen molar-refractivity contribution in [1.29, 1.82) is 0 Å². The van der Waals surface area contributed by atoms with Crippen LogP contribution in [0, 0.1) is 6.92 Å². The zero-order valence-electron chi connectivity index (χ0n) is 22.4. The van der Waals surface area contributed by atoms with E-state index in [4.69, 9.17) is 13.5 Å². The monoisotopic (exact) mass is 556 g/mol. The molecule has 2 N–H and O–H groups in total. The van der Waals surface area contributed by atoms with E-state index in [0.717, 1.165) is 27.9 Å². The summed E-state index contributed by atoms with van der Waals surface area (Å²) in [4.78, 5) is 42.4. The summed E-state index contributed by atoms with van der Waals surface area (Å²) < 4.78 is 28.3. The minimum absolute atomic E-state index is 0.189. The van der Waals surface area contributed by atoms with Gasteiger partial charge in [0.1, 0.15) is 30.1 Å². The lowest BCUT2D eigenvalue weighted by molar-refractivity contribution is -0.125. The number of likely N-dealkylation sites (N-methyl/N-ethyl adjacent to an activating group) is 1. The van der Waals surface area contributed by atoms with E-state index < -0.39 is 20.8 Å². The molecule has 0 bridgehead atoms. The molecule has 39 heavy (non-hydrogen) atoms. The van der Waals surface area contributed by atoms with Crippen LogP contribution < -0.4 is 10.2 Å². The van der Waals surface area contributed by atoms with Gasteiger partial charge < -0.3 is 14.2 Å². The average Bonchev–Trinajstić information content (AvgIpc) is 3.21. The van der Waals surface area contributed by atoms with Crippen molar-refractivity contribution < 1.29 is 32.5 Å². The number of hydrogen-bond donors (Lipinski definition) is 2. The quantitative estimate of drug-likeness (QED) is 0.203. The summed E-state index contributed by atoms with van der Waals surface area (Å²) in [5, 5.41) is 3.88. The van der Waals surface area contributed by atoms with Crippen molar-refractivity contribution >= 4 is 42.5 Å². The van der Waals surface area contributed by atoms with Crippen LogP contribution in [0.2, 0.25) is 0 Å². The number of nitrogens with zero attached hydrogens (tertiary/aromatic N) is 3. The van der Waals surface area contributed by atoms with Crippen LogP contribution in [-0.4, -0.2) is 53.1 Å². The Labute approximate surface area is 227 Å². The SMILES string of the molecule is CCNC(C)OP(=O)(O)OCN1C(=O)CCc2cc(/C=C/C(=O)N(C)Cc3oc4ccccc4c3C)cnc21. The molecule has 2 amide bonds. The van der Waals surface area contributed by atoms with Gasteiger partial charge in [0, 0.05) is 36.7 Å². The van der Waals surface area contributed by atoms with Crippen molar-refractivity contribution in [2.75, 3.05) is 25.2 Å². The number of rotatable bonds is 11. The van der Waals surface area contributed by atoms with Crippen molar-refractivity contribution in [3.63, 3.8) is 0 Å².